The van der Waals surface area contributed by atoms with Gasteiger partial charge in [0.1, 0.15) is 0 Å². The summed E-state index contributed by atoms with van der Waals surface area (Å²) in [5.41, 5.74) is 0.989. The predicted molar refractivity (Wildman–Crippen MR) is 51.2 cm³/mol. The molecule has 14 heavy (non-hydrogen) atoms. The fourth-order valence-corrected chi connectivity index (χ4v) is 1.29. The standard InChI is InChI=1S/C9H9ClN2O2/c1-6-3-5-13-8(6)9-11-7(2-4-10)14-12-9/h3,5H,2,4H2,1H3. The minimum absolute atomic E-state index is 0.471. The van der Waals surface area contributed by atoms with Crippen molar-refractivity contribution in [3.63, 3.8) is 0 Å². The number of halogens is 1. The Morgan fingerprint density at radius 2 is 2.36 bits per heavy atom. The Morgan fingerprint density at radius 1 is 1.50 bits per heavy atom. The quantitative estimate of drug-likeness (QED) is 0.734. The molecule has 0 saturated carbocycles. The first kappa shape index (κ1) is 9.27. The fourth-order valence-electron chi connectivity index (χ4n) is 1.13. The molecule has 0 atom stereocenters. The van der Waals surface area contributed by atoms with Crippen LogP contribution in [0, 0.1) is 6.92 Å². The molecule has 5 heteroatoms. The molecule has 2 rings (SSSR count). The van der Waals surface area contributed by atoms with E-state index in [9.17, 15) is 0 Å². The minimum Gasteiger partial charge on any atom is -0.461 e. The van der Waals surface area contributed by atoms with Gasteiger partial charge in [-0.15, -0.1) is 11.6 Å². The van der Waals surface area contributed by atoms with Gasteiger partial charge in [-0.3, -0.25) is 0 Å². The van der Waals surface area contributed by atoms with Gasteiger partial charge in [-0.05, 0) is 18.6 Å². The molecular formula is C9H9ClN2O2. The van der Waals surface area contributed by atoms with Gasteiger partial charge in [0.15, 0.2) is 5.76 Å². The van der Waals surface area contributed by atoms with Crippen LogP contribution in [0.4, 0.5) is 0 Å². The molecule has 74 valence electrons. The van der Waals surface area contributed by atoms with Crippen LogP contribution in [0.3, 0.4) is 0 Å². The average Bonchev–Trinajstić information content (AvgIpc) is 2.74. The molecule has 0 spiro atoms. The van der Waals surface area contributed by atoms with Gasteiger partial charge in [0.25, 0.3) is 0 Å². The number of aromatic nitrogens is 2. The first-order valence-corrected chi connectivity index (χ1v) is 4.77. The molecular weight excluding hydrogens is 204 g/mol. The maximum Gasteiger partial charge on any atom is 0.238 e. The summed E-state index contributed by atoms with van der Waals surface area (Å²) in [5, 5.41) is 3.80. The summed E-state index contributed by atoms with van der Waals surface area (Å²) >= 11 is 5.55. The molecule has 0 N–H and O–H groups in total. The normalized spacial score (nSPS) is 10.7. The van der Waals surface area contributed by atoms with Gasteiger partial charge < -0.3 is 8.94 Å². The maximum atomic E-state index is 5.55. The molecule has 0 aliphatic rings. The van der Waals surface area contributed by atoms with Crippen molar-refractivity contribution >= 4 is 11.6 Å². The third-order valence-electron chi connectivity index (χ3n) is 1.84. The fraction of sp³-hybridized carbons (Fsp3) is 0.333. The number of aryl methyl sites for hydroxylation is 2. The summed E-state index contributed by atoms with van der Waals surface area (Å²) < 4.78 is 10.2. The Morgan fingerprint density at radius 3 is 3.00 bits per heavy atom. The van der Waals surface area contributed by atoms with Crippen LogP contribution in [-0.4, -0.2) is 16.0 Å². The van der Waals surface area contributed by atoms with Gasteiger partial charge in [-0.1, -0.05) is 5.16 Å². The van der Waals surface area contributed by atoms with Crippen LogP contribution in [0.1, 0.15) is 11.5 Å². The zero-order chi connectivity index (χ0) is 9.97. The van der Waals surface area contributed by atoms with E-state index in [4.69, 9.17) is 20.5 Å². The lowest BCUT2D eigenvalue weighted by atomic mass is 10.3. The lowest BCUT2D eigenvalue weighted by Gasteiger charge is -1.87. The van der Waals surface area contributed by atoms with Crippen LogP contribution in [0.15, 0.2) is 21.3 Å². The van der Waals surface area contributed by atoms with E-state index in [-0.39, 0.29) is 0 Å². The van der Waals surface area contributed by atoms with E-state index in [1.54, 1.807) is 6.26 Å². The largest absolute Gasteiger partial charge is 0.461 e. The molecule has 0 unspecified atom stereocenters. The Kier molecular flexibility index (Phi) is 2.54. The zero-order valence-electron chi connectivity index (χ0n) is 7.66. The highest BCUT2D eigenvalue weighted by Crippen LogP contribution is 2.21. The van der Waals surface area contributed by atoms with Crippen LogP contribution in [0.25, 0.3) is 11.6 Å². The lowest BCUT2D eigenvalue weighted by molar-refractivity contribution is 0.382. The Bertz CT molecular complexity index is 422. The van der Waals surface area contributed by atoms with Crippen LogP contribution >= 0.6 is 11.6 Å². The monoisotopic (exact) mass is 212 g/mol. The van der Waals surface area contributed by atoms with Gasteiger partial charge in [0, 0.05) is 12.3 Å². The van der Waals surface area contributed by atoms with Gasteiger partial charge in [0.05, 0.1) is 6.26 Å². The second-order valence-corrected chi connectivity index (χ2v) is 3.26. The summed E-state index contributed by atoms with van der Waals surface area (Å²) in [4.78, 5) is 4.15. The maximum absolute atomic E-state index is 5.55. The number of rotatable bonds is 3. The van der Waals surface area contributed by atoms with E-state index in [0.29, 0.717) is 29.8 Å². The van der Waals surface area contributed by atoms with Gasteiger partial charge >= 0.3 is 0 Å². The lowest BCUT2D eigenvalue weighted by Crippen LogP contribution is -1.85. The Hall–Kier alpha value is -1.29. The van der Waals surface area contributed by atoms with Gasteiger partial charge in [-0.25, -0.2) is 0 Å². The highest BCUT2D eigenvalue weighted by molar-refractivity contribution is 6.17. The van der Waals surface area contributed by atoms with Crippen LogP contribution in [-0.2, 0) is 6.42 Å². The van der Waals surface area contributed by atoms with Crippen molar-refractivity contribution in [1.29, 1.82) is 0 Å². The van der Waals surface area contributed by atoms with Gasteiger partial charge in [-0.2, -0.15) is 4.98 Å². The summed E-state index contributed by atoms with van der Waals surface area (Å²) in [7, 11) is 0. The first-order valence-electron chi connectivity index (χ1n) is 4.24. The second kappa shape index (κ2) is 3.84. The van der Waals surface area contributed by atoms with E-state index >= 15 is 0 Å². The van der Waals surface area contributed by atoms with E-state index in [0.717, 1.165) is 5.56 Å². The molecule has 0 saturated heterocycles. The van der Waals surface area contributed by atoms with Crippen LogP contribution < -0.4 is 0 Å². The summed E-state index contributed by atoms with van der Waals surface area (Å²) in [5.74, 6) is 2.13. The van der Waals surface area contributed by atoms with E-state index in [2.05, 4.69) is 10.1 Å². The predicted octanol–water partition coefficient (Wildman–Crippen LogP) is 2.42. The van der Waals surface area contributed by atoms with Crippen molar-refractivity contribution < 1.29 is 8.94 Å². The van der Waals surface area contributed by atoms with Crippen molar-refractivity contribution in [3.05, 3.63) is 23.8 Å². The zero-order valence-corrected chi connectivity index (χ0v) is 8.41. The molecule has 2 heterocycles. The topological polar surface area (TPSA) is 52.1 Å². The summed E-state index contributed by atoms with van der Waals surface area (Å²) in [6, 6.07) is 1.85. The number of alkyl halides is 1. The first-order chi connectivity index (χ1) is 6.81. The molecule has 0 aliphatic heterocycles. The van der Waals surface area contributed by atoms with E-state index in [1.165, 1.54) is 0 Å². The highest BCUT2D eigenvalue weighted by atomic mass is 35.5. The van der Waals surface area contributed by atoms with Gasteiger partial charge in [0.2, 0.25) is 11.7 Å². The number of hydrogen-bond donors (Lipinski definition) is 0. The highest BCUT2D eigenvalue weighted by Gasteiger charge is 2.12. The summed E-state index contributed by atoms with van der Waals surface area (Å²) in [6.07, 6.45) is 2.18. The molecule has 2 aromatic rings. The third-order valence-corrected chi connectivity index (χ3v) is 2.03. The van der Waals surface area contributed by atoms with Crippen molar-refractivity contribution in [3.8, 4) is 11.6 Å². The minimum atomic E-state index is 0.471. The Labute approximate surface area is 85.9 Å². The summed E-state index contributed by atoms with van der Waals surface area (Å²) in [6.45, 7) is 1.93. The molecule has 2 aromatic heterocycles. The van der Waals surface area contributed by atoms with E-state index in [1.807, 2.05) is 13.0 Å². The SMILES string of the molecule is Cc1ccoc1-c1noc(CCCl)n1. The molecule has 4 nitrogen and oxygen atoms in total. The smallest absolute Gasteiger partial charge is 0.238 e. The molecule has 0 aromatic carbocycles. The molecule has 0 radical (unpaired) electrons. The van der Waals surface area contributed by atoms with Crippen LogP contribution in [0.5, 0.6) is 0 Å². The number of furan rings is 1. The molecule has 0 bridgehead atoms. The molecule has 0 amide bonds. The van der Waals surface area contributed by atoms with E-state index < -0.39 is 0 Å². The van der Waals surface area contributed by atoms with Crippen molar-refractivity contribution in [2.75, 3.05) is 5.88 Å². The third kappa shape index (κ3) is 1.65. The molecule has 0 fully saturated rings. The number of nitrogens with zero attached hydrogens (tertiary/aromatic N) is 2. The molecule has 0 aliphatic carbocycles. The Balaban J connectivity index is 2.29. The van der Waals surface area contributed by atoms with Crippen LogP contribution in [0.2, 0.25) is 0 Å². The average molecular weight is 213 g/mol. The second-order valence-electron chi connectivity index (χ2n) is 2.88. The van der Waals surface area contributed by atoms with Crippen molar-refractivity contribution in [2.24, 2.45) is 0 Å². The van der Waals surface area contributed by atoms with Crippen molar-refractivity contribution in [1.82, 2.24) is 10.1 Å². The number of hydrogen-bond acceptors (Lipinski definition) is 4. The van der Waals surface area contributed by atoms with Crippen molar-refractivity contribution in [2.45, 2.75) is 13.3 Å².